The molecule has 1 aliphatic heterocycles. The van der Waals surface area contributed by atoms with Crippen LogP contribution in [0, 0.1) is 11.3 Å². The van der Waals surface area contributed by atoms with Crippen LogP contribution in [0.5, 0.6) is 5.75 Å². The second-order valence-corrected chi connectivity index (χ2v) is 5.35. The standard InChI is InChI=1S/C17H17N3O2/c1-22-16-4-2-3-12(7-16)17-8-15(21)11-20(17)14-6-5-13(9-18)19-10-14/h2-7,10,15,17,21H,8,11H2,1H3/t15-,17+/m0/s1. The van der Waals surface area contributed by atoms with Crippen LogP contribution in [0.3, 0.4) is 0 Å². The molecule has 0 aliphatic carbocycles. The van der Waals surface area contributed by atoms with Gasteiger partial charge in [-0.1, -0.05) is 12.1 Å². The lowest BCUT2D eigenvalue weighted by Gasteiger charge is -2.26. The number of hydrogen-bond acceptors (Lipinski definition) is 5. The van der Waals surface area contributed by atoms with Crippen LogP contribution in [-0.2, 0) is 0 Å². The molecule has 0 amide bonds. The predicted molar refractivity (Wildman–Crippen MR) is 82.7 cm³/mol. The van der Waals surface area contributed by atoms with Gasteiger partial charge in [-0.3, -0.25) is 0 Å². The number of aliphatic hydroxyl groups is 1. The van der Waals surface area contributed by atoms with Gasteiger partial charge in [-0.05, 0) is 36.2 Å². The molecule has 1 saturated heterocycles. The summed E-state index contributed by atoms with van der Waals surface area (Å²) in [5.41, 5.74) is 2.39. The van der Waals surface area contributed by atoms with Crippen molar-refractivity contribution in [2.24, 2.45) is 0 Å². The number of aliphatic hydroxyl groups excluding tert-OH is 1. The highest BCUT2D eigenvalue weighted by Crippen LogP contribution is 2.37. The molecule has 5 nitrogen and oxygen atoms in total. The monoisotopic (exact) mass is 295 g/mol. The number of aromatic nitrogens is 1. The lowest BCUT2D eigenvalue weighted by molar-refractivity contribution is 0.194. The van der Waals surface area contributed by atoms with E-state index in [1.807, 2.05) is 36.4 Å². The molecule has 3 rings (SSSR count). The lowest BCUT2D eigenvalue weighted by atomic mass is 10.0. The van der Waals surface area contributed by atoms with Crippen molar-refractivity contribution in [3.8, 4) is 11.8 Å². The van der Waals surface area contributed by atoms with Gasteiger partial charge in [0.2, 0.25) is 0 Å². The van der Waals surface area contributed by atoms with Crippen molar-refractivity contribution in [1.82, 2.24) is 4.98 Å². The van der Waals surface area contributed by atoms with Crippen LogP contribution in [0.15, 0.2) is 42.6 Å². The molecule has 1 aromatic heterocycles. The van der Waals surface area contributed by atoms with Gasteiger partial charge in [-0.25, -0.2) is 4.98 Å². The summed E-state index contributed by atoms with van der Waals surface area (Å²) in [5, 5.41) is 18.9. The van der Waals surface area contributed by atoms with E-state index in [4.69, 9.17) is 10.00 Å². The first-order chi connectivity index (χ1) is 10.7. The molecule has 112 valence electrons. The van der Waals surface area contributed by atoms with Crippen LogP contribution in [0.4, 0.5) is 5.69 Å². The Morgan fingerprint density at radius 1 is 1.36 bits per heavy atom. The molecular formula is C17H17N3O2. The van der Waals surface area contributed by atoms with Gasteiger partial charge < -0.3 is 14.7 Å². The van der Waals surface area contributed by atoms with Crippen LogP contribution in [0.25, 0.3) is 0 Å². The van der Waals surface area contributed by atoms with Crippen molar-refractivity contribution >= 4 is 5.69 Å². The van der Waals surface area contributed by atoms with Gasteiger partial charge in [0.15, 0.2) is 0 Å². The summed E-state index contributed by atoms with van der Waals surface area (Å²) in [4.78, 5) is 6.24. The normalized spacial score (nSPS) is 20.7. The summed E-state index contributed by atoms with van der Waals surface area (Å²) >= 11 is 0. The first-order valence-corrected chi connectivity index (χ1v) is 7.16. The predicted octanol–water partition coefficient (Wildman–Crippen LogP) is 2.27. The van der Waals surface area contributed by atoms with E-state index in [1.54, 1.807) is 19.4 Å². The zero-order valence-corrected chi connectivity index (χ0v) is 12.3. The minimum Gasteiger partial charge on any atom is -0.497 e. The number of hydrogen-bond donors (Lipinski definition) is 1. The highest BCUT2D eigenvalue weighted by atomic mass is 16.5. The van der Waals surface area contributed by atoms with Gasteiger partial charge in [0.1, 0.15) is 17.5 Å². The van der Waals surface area contributed by atoms with Crippen LogP contribution in [-0.4, -0.2) is 29.8 Å². The third-order valence-corrected chi connectivity index (χ3v) is 3.95. The number of nitrogens with zero attached hydrogens (tertiary/aromatic N) is 3. The van der Waals surface area contributed by atoms with Gasteiger partial charge in [-0.2, -0.15) is 5.26 Å². The summed E-state index contributed by atoms with van der Waals surface area (Å²) in [6.45, 7) is 0.551. The summed E-state index contributed by atoms with van der Waals surface area (Å²) in [6.07, 6.45) is 1.96. The Morgan fingerprint density at radius 3 is 2.91 bits per heavy atom. The molecule has 1 N–H and O–H groups in total. The number of methoxy groups -OCH3 is 1. The fraction of sp³-hybridized carbons (Fsp3) is 0.294. The molecule has 1 aromatic carbocycles. The summed E-state index contributed by atoms with van der Waals surface area (Å²) < 4.78 is 5.28. The molecule has 0 radical (unpaired) electrons. The number of pyridine rings is 1. The van der Waals surface area contributed by atoms with Crippen molar-refractivity contribution in [2.45, 2.75) is 18.6 Å². The average molecular weight is 295 g/mol. The van der Waals surface area contributed by atoms with E-state index in [9.17, 15) is 5.11 Å². The highest BCUT2D eigenvalue weighted by molar-refractivity contribution is 5.50. The Hall–Kier alpha value is -2.58. The first-order valence-electron chi connectivity index (χ1n) is 7.16. The second-order valence-electron chi connectivity index (χ2n) is 5.35. The fourth-order valence-corrected chi connectivity index (χ4v) is 2.89. The molecule has 2 atom stereocenters. The van der Waals surface area contributed by atoms with Crippen molar-refractivity contribution in [3.05, 3.63) is 53.9 Å². The van der Waals surface area contributed by atoms with E-state index < -0.39 is 0 Å². The number of nitriles is 1. The zero-order chi connectivity index (χ0) is 15.5. The van der Waals surface area contributed by atoms with E-state index >= 15 is 0 Å². The Morgan fingerprint density at radius 2 is 2.23 bits per heavy atom. The molecule has 5 heteroatoms. The zero-order valence-electron chi connectivity index (χ0n) is 12.3. The summed E-state index contributed by atoms with van der Waals surface area (Å²) in [5.74, 6) is 0.803. The van der Waals surface area contributed by atoms with Crippen LogP contribution >= 0.6 is 0 Å². The maximum Gasteiger partial charge on any atom is 0.140 e. The smallest absolute Gasteiger partial charge is 0.140 e. The Balaban J connectivity index is 1.92. The molecule has 1 aliphatic rings. The van der Waals surface area contributed by atoms with E-state index in [2.05, 4.69) is 9.88 Å². The topological polar surface area (TPSA) is 69.4 Å². The van der Waals surface area contributed by atoms with Gasteiger partial charge in [-0.15, -0.1) is 0 Å². The summed E-state index contributed by atoms with van der Waals surface area (Å²) in [7, 11) is 1.64. The average Bonchev–Trinajstić information content (AvgIpc) is 2.97. The number of ether oxygens (including phenoxy) is 1. The van der Waals surface area contributed by atoms with E-state index in [-0.39, 0.29) is 12.1 Å². The molecule has 2 heterocycles. The van der Waals surface area contributed by atoms with E-state index in [1.165, 1.54) is 0 Å². The van der Waals surface area contributed by atoms with Gasteiger partial charge >= 0.3 is 0 Å². The Bertz CT molecular complexity index is 694. The lowest BCUT2D eigenvalue weighted by Crippen LogP contribution is -2.24. The SMILES string of the molecule is COc1cccc([C@H]2C[C@H](O)CN2c2ccc(C#N)nc2)c1. The van der Waals surface area contributed by atoms with Gasteiger partial charge in [0, 0.05) is 6.54 Å². The summed E-state index contributed by atoms with van der Waals surface area (Å²) in [6, 6.07) is 13.5. The van der Waals surface area contributed by atoms with Crippen molar-refractivity contribution in [3.63, 3.8) is 0 Å². The largest absolute Gasteiger partial charge is 0.497 e. The van der Waals surface area contributed by atoms with Crippen LogP contribution in [0.1, 0.15) is 23.7 Å². The van der Waals surface area contributed by atoms with Crippen molar-refractivity contribution in [2.75, 3.05) is 18.6 Å². The second kappa shape index (κ2) is 6.04. The van der Waals surface area contributed by atoms with Crippen molar-refractivity contribution in [1.29, 1.82) is 5.26 Å². The molecule has 1 fully saturated rings. The third kappa shape index (κ3) is 2.74. The quantitative estimate of drug-likeness (QED) is 0.940. The van der Waals surface area contributed by atoms with Crippen LogP contribution < -0.4 is 9.64 Å². The molecule has 0 spiro atoms. The number of β-amino-alcohol motifs (C(OH)–C–C–N with tert-alkyl or cyclic N) is 1. The van der Waals surface area contributed by atoms with Gasteiger partial charge in [0.05, 0.1) is 31.1 Å². The van der Waals surface area contributed by atoms with Crippen molar-refractivity contribution < 1.29 is 9.84 Å². The maximum atomic E-state index is 10.1. The molecule has 0 saturated carbocycles. The third-order valence-electron chi connectivity index (χ3n) is 3.95. The minimum absolute atomic E-state index is 0.0693. The van der Waals surface area contributed by atoms with Gasteiger partial charge in [0.25, 0.3) is 0 Å². The molecule has 2 aromatic rings. The molecule has 0 unspecified atom stereocenters. The fourth-order valence-electron chi connectivity index (χ4n) is 2.89. The number of benzene rings is 1. The number of rotatable bonds is 3. The minimum atomic E-state index is -0.383. The maximum absolute atomic E-state index is 10.1. The Kier molecular flexibility index (Phi) is 3.94. The molecular weight excluding hydrogens is 278 g/mol. The molecule has 22 heavy (non-hydrogen) atoms. The van der Waals surface area contributed by atoms with Crippen LogP contribution in [0.2, 0.25) is 0 Å². The number of anilines is 1. The Labute approximate surface area is 129 Å². The first kappa shape index (κ1) is 14.4. The highest BCUT2D eigenvalue weighted by Gasteiger charge is 2.32. The van der Waals surface area contributed by atoms with E-state index in [0.29, 0.717) is 18.7 Å². The molecule has 0 bridgehead atoms. The van der Waals surface area contributed by atoms with E-state index in [0.717, 1.165) is 17.0 Å².